The van der Waals surface area contributed by atoms with Crippen LogP contribution in [0.25, 0.3) is 11.2 Å². The molecule has 0 aliphatic rings. The Morgan fingerprint density at radius 2 is 2.09 bits per heavy atom. The monoisotopic (exact) mass is 451 g/mol. The molecule has 0 radical (unpaired) electrons. The molecule has 32 heavy (non-hydrogen) atoms. The van der Waals surface area contributed by atoms with E-state index in [2.05, 4.69) is 41.0 Å². The van der Waals surface area contributed by atoms with Crippen molar-refractivity contribution < 1.29 is 14.3 Å². The van der Waals surface area contributed by atoms with Gasteiger partial charge in [0.15, 0.2) is 5.65 Å². The van der Waals surface area contributed by atoms with Crippen LogP contribution in [-0.2, 0) is 11.5 Å². The van der Waals surface area contributed by atoms with E-state index in [4.69, 9.17) is 14.7 Å². The number of nitriles is 1. The molecule has 1 amide bonds. The number of nitrogens with one attached hydrogen (secondary N) is 1. The molecule has 1 N–H and O–H groups in total. The molecular weight excluding hydrogens is 422 g/mol. The molecule has 8 nitrogen and oxygen atoms in total. The van der Waals surface area contributed by atoms with Crippen LogP contribution in [0.4, 0.5) is 0 Å². The highest BCUT2D eigenvalue weighted by molar-refractivity contribution is 6.76. The Hall–Kier alpha value is -3.22. The molecule has 2 aromatic heterocycles. The Labute approximate surface area is 189 Å². The van der Waals surface area contributed by atoms with Gasteiger partial charge in [-0.1, -0.05) is 25.7 Å². The molecule has 0 aliphatic heterocycles. The number of nitrogens with zero attached hydrogens (tertiary/aromatic N) is 4. The maximum Gasteiger partial charge on any atom is 0.255 e. The van der Waals surface area contributed by atoms with E-state index < -0.39 is 8.07 Å². The zero-order chi connectivity index (χ0) is 23.3. The number of ether oxygens (including phenoxy) is 2. The Morgan fingerprint density at radius 3 is 2.78 bits per heavy atom. The number of aromatic nitrogens is 3. The lowest BCUT2D eigenvalue weighted by Crippen LogP contribution is -2.30. The summed E-state index contributed by atoms with van der Waals surface area (Å²) in [7, 11) is -1.19. The molecule has 1 aromatic carbocycles. The zero-order valence-corrected chi connectivity index (χ0v) is 20.2. The summed E-state index contributed by atoms with van der Waals surface area (Å²) in [5.74, 6) is 0.479. The minimum absolute atomic E-state index is 0.0185. The second-order valence-corrected chi connectivity index (χ2v) is 14.7. The topological polar surface area (TPSA) is 102 Å². The summed E-state index contributed by atoms with van der Waals surface area (Å²) in [6.45, 7) is 11.7. The molecule has 0 unspecified atom stereocenters. The standard InChI is InChI=1S/C23H29N5O3Si/c1-16(2)26-23(29)19-14-28(15-30-9-10-32(3,4)5)22-21(19)27-20(13-25-22)31-18-8-6-7-17(11-18)12-24/h6-8,11,13-14,16H,9-10,15H2,1-5H3,(H,26,29). The summed E-state index contributed by atoms with van der Waals surface area (Å²) >= 11 is 0. The van der Waals surface area contributed by atoms with E-state index in [-0.39, 0.29) is 24.6 Å². The van der Waals surface area contributed by atoms with Gasteiger partial charge in [-0.15, -0.1) is 0 Å². The van der Waals surface area contributed by atoms with E-state index in [0.29, 0.717) is 34.6 Å². The van der Waals surface area contributed by atoms with E-state index in [1.54, 1.807) is 35.0 Å². The minimum atomic E-state index is -1.19. The smallest absolute Gasteiger partial charge is 0.255 e. The Morgan fingerprint density at radius 1 is 1.31 bits per heavy atom. The quantitative estimate of drug-likeness (QED) is 0.378. The van der Waals surface area contributed by atoms with Gasteiger partial charge in [-0.3, -0.25) is 4.79 Å². The third-order valence-corrected chi connectivity index (χ3v) is 6.32. The lowest BCUT2D eigenvalue weighted by Gasteiger charge is -2.15. The zero-order valence-electron chi connectivity index (χ0n) is 19.2. The largest absolute Gasteiger partial charge is 0.437 e. The molecule has 0 saturated carbocycles. The van der Waals surface area contributed by atoms with Crippen LogP contribution in [0.3, 0.4) is 0 Å². The number of hydrogen-bond acceptors (Lipinski definition) is 6. The maximum atomic E-state index is 12.8. The van der Waals surface area contributed by atoms with E-state index in [1.807, 2.05) is 13.8 Å². The van der Waals surface area contributed by atoms with Crippen LogP contribution in [0.15, 0.2) is 36.7 Å². The van der Waals surface area contributed by atoms with Crippen LogP contribution < -0.4 is 10.1 Å². The highest BCUT2D eigenvalue weighted by Gasteiger charge is 2.20. The van der Waals surface area contributed by atoms with E-state index in [9.17, 15) is 4.79 Å². The van der Waals surface area contributed by atoms with Crippen molar-refractivity contribution in [2.24, 2.45) is 0 Å². The van der Waals surface area contributed by atoms with Gasteiger partial charge >= 0.3 is 0 Å². The predicted molar refractivity (Wildman–Crippen MR) is 125 cm³/mol. The number of benzene rings is 1. The van der Waals surface area contributed by atoms with Crippen LogP contribution in [0, 0.1) is 11.3 Å². The molecule has 0 bridgehead atoms. The average molecular weight is 452 g/mol. The van der Waals surface area contributed by atoms with Crippen molar-refractivity contribution in [3.8, 4) is 17.7 Å². The normalized spacial score (nSPS) is 11.5. The first-order valence-electron chi connectivity index (χ1n) is 10.6. The lowest BCUT2D eigenvalue weighted by molar-refractivity contribution is 0.0890. The fraction of sp³-hybridized carbons (Fsp3) is 0.391. The summed E-state index contributed by atoms with van der Waals surface area (Å²) in [5.41, 5.74) is 1.87. The molecule has 3 rings (SSSR count). The predicted octanol–water partition coefficient (Wildman–Crippen LogP) is 4.55. The summed E-state index contributed by atoms with van der Waals surface area (Å²) in [4.78, 5) is 21.8. The van der Waals surface area contributed by atoms with Gasteiger partial charge < -0.3 is 19.4 Å². The molecule has 3 aromatic rings. The van der Waals surface area contributed by atoms with Crippen LogP contribution in [0.1, 0.15) is 29.8 Å². The van der Waals surface area contributed by atoms with Gasteiger partial charge in [0.2, 0.25) is 5.88 Å². The van der Waals surface area contributed by atoms with Crippen molar-refractivity contribution in [1.29, 1.82) is 5.26 Å². The van der Waals surface area contributed by atoms with Gasteiger partial charge in [-0.25, -0.2) is 9.97 Å². The molecular formula is C23H29N5O3Si. The Bertz CT molecular complexity index is 1140. The van der Waals surface area contributed by atoms with Crippen LogP contribution in [0.2, 0.25) is 25.7 Å². The Kier molecular flexibility index (Phi) is 7.28. The van der Waals surface area contributed by atoms with Crippen molar-refractivity contribution in [1.82, 2.24) is 19.9 Å². The fourth-order valence-corrected chi connectivity index (χ4v) is 3.74. The fourth-order valence-electron chi connectivity index (χ4n) is 2.98. The number of amides is 1. The lowest BCUT2D eigenvalue weighted by atomic mass is 10.2. The highest BCUT2D eigenvalue weighted by Crippen LogP contribution is 2.25. The van der Waals surface area contributed by atoms with Crippen LogP contribution >= 0.6 is 0 Å². The molecule has 0 saturated heterocycles. The van der Waals surface area contributed by atoms with Gasteiger partial charge in [0.25, 0.3) is 5.91 Å². The summed E-state index contributed by atoms with van der Waals surface area (Å²) in [5, 5.41) is 12.0. The molecule has 0 aliphatic carbocycles. The van der Waals surface area contributed by atoms with Gasteiger partial charge in [-0.2, -0.15) is 5.26 Å². The van der Waals surface area contributed by atoms with Gasteiger partial charge in [0.05, 0.1) is 23.4 Å². The van der Waals surface area contributed by atoms with Crippen molar-refractivity contribution >= 4 is 25.1 Å². The van der Waals surface area contributed by atoms with E-state index >= 15 is 0 Å². The van der Waals surface area contributed by atoms with Crippen molar-refractivity contribution in [3.63, 3.8) is 0 Å². The minimum Gasteiger partial charge on any atom is -0.437 e. The average Bonchev–Trinajstić information content (AvgIpc) is 3.08. The van der Waals surface area contributed by atoms with Crippen molar-refractivity contribution in [2.75, 3.05) is 6.61 Å². The van der Waals surface area contributed by atoms with Crippen molar-refractivity contribution in [3.05, 3.63) is 47.8 Å². The SMILES string of the molecule is CC(C)NC(=O)c1cn(COCC[Si](C)(C)C)c2ncc(Oc3cccc(C#N)c3)nc12. The number of rotatable bonds is 9. The van der Waals surface area contributed by atoms with E-state index in [1.165, 1.54) is 6.20 Å². The second-order valence-electron chi connectivity index (χ2n) is 9.11. The number of carbonyl (C=O) groups excluding carboxylic acids is 1. The van der Waals surface area contributed by atoms with Crippen LogP contribution in [0.5, 0.6) is 11.6 Å². The molecule has 0 spiro atoms. The molecule has 0 fully saturated rings. The molecule has 0 atom stereocenters. The third kappa shape index (κ3) is 6.15. The first-order chi connectivity index (χ1) is 15.2. The second kappa shape index (κ2) is 9.93. The highest BCUT2D eigenvalue weighted by atomic mass is 28.3. The van der Waals surface area contributed by atoms with Gasteiger partial charge in [0, 0.05) is 26.9 Å². The Balaban J connectivity index is 1.90. The van der Waals surface area contributed by atoms with Crippen LogP contribution in [-0.4, -0.2) is 41.2 Å². The number of hydrogen-bond donors (Lipinski definition) is 1. The van der Waals surface area contributed by atoms with Gasteiger partial charge in [0.1, 0.15) is 18.0 Å². The number of fused-ring (bicyclic) bond motifs is 1. The summed E-state index contributed by atoms with van der Waals surface area (Å²) < 4.78 is 13.5. The molecule has 168 valence electrons. The van der Waals surface area contributed by atoms with Gasteiger partial charge in [-0.05, 0) is 38.1 Å². The molecule has 9 heteroatoms. The van der Waals surface area contributed by atoms with E-state index in [0.717, 1.165) is 6.04 Å². The number of carbonyl (C=O) groups is 1. The first kappa shape index (κ1) is 23.4. The molecule has 2 heterocycles. The maximum absolute atomic E-state index is 12.8. The third-order valence-electron chi connectivity index (χ3n) is 4.62. The first-order valence-corrected chi connectivity index (χ1v) is 14.3. The van der Waals surface area contributed by atoms with Crippen molar-refractivity contribution in [2.45, 2.75) is 52.3 Å². The summed E-state index contributed by atoms with van der Waals surface area (Å²) in [6.07, 6.45) is 3.22. The summed E-state index contributed by atoms with van der Waals surface area (Å²) in [6, 6.07) is 9.89.